The molecule has 0 heteroatoms. The summed E-state index contributed by atoms with van der Waals surface area (Å²) in [5, 5.41) is 0. The summed E-state index contributed by atoms with van der Waals surface area (Å²) in [6.07, 6.45) is 6.36. The van der Waals surface area contributed by atoms with Crippen LogP contribution in [0.3, 0.4) is 0 Å². The molecule has 3 rings (SSSR count). The molecule has 3 aliphatic rings. The van der Waals surface area contributed by atoms with Gasteiger partial charge in [-0.25, -0.2) is 0 Å². The largest absolute Gasteiger partial charge is 0.0620 e. The zero-order valence-corrected chi connectivity index (χ0v) is 6.72. The van der Waals surface area contributed by atoms with Crippen LogP contribution in [0.1, 0.15) is 32.6 Å². The number of rotatable bonds is 0. The molecule has 56 valence electrons. The third-order valence-corrected chi connectivity index (χ3v) is 4.57. The Balaban J connectivity index is 1.94. The van der Waals surface area contributed by atoms with Crippen molar-refractivity contribution in [2.24, 2.45) is 29.6 Å². The maximum Gasteiger partial charge on any atom is -0.0349 e. The summed E-state index contributed by atoms with van der Waals surface area (Å²) < 4.78 is 0. The van der Waals surface area contributed by atoms with Crippen LogP contribution in [0.15, 0.2) is 0 Å². The molecule has 0 radical (unpaired) electrons. The predicted octanol–water partition coefficient (Wildman–Crippen LogP) is 2.69. The van der Waals surface area contributed by atoms with Crippen molar-refractivity contribution < 1.29 is 0 Å². The van der Waals surface area contributed by atoms with Crippen LogP contribution in [0, 0.1) is 29.6 Å². The Morgan fingerprint density at radius 2 is 1.70 bits per heavy atom. The lowest BCUT2D eigenvalue weighted by Crippen LogP contribution is -2.42. The van der Waals surface area contributed by atoms with E-state index in [1.165, 1.54) is 17.8 Å². The van der Waals surface area contributed by atoms with E-state index in [-0.39, 0.29) is 0 Å². The minimum atomic E-state index is 1.11. The summed E-state index contributed by atoms with van der Waals surface area (Å²) in [5.41, 5.74) is 0. The fraction of sp³-hybridized carbons (Fsp3) is 1.00. The molecule has 0 aromatic carbocycles. The van der Waals surface area contributed by atoms with Gasteiger partial charge in [0.2, 0.25) is 0 Å². The van der Waals surface area contributed by atoms with E-state index >= 15 is 0 Å². The molecule has 0 nitrogen and oxygen atoms in total. The van der Waals surface area contributed by atoms with Crippen molar-refractivity contribution in [3.8, 4) is 0 Å². The molecule has 3 fully saturated rings. The molecule has 3 saturated carbocycles. The SMILES string of the molecule is CC1C2CCC3CC1C2C3. The van der Waals surface area contributed by atoms with Crippen LogP contribution in [0.2, 0.25) is 0 Å². The van der Waals surface area contributed by atoms with Gasteiger partial charge in [0.1, 0.15) is 0 Å². The molecule has 5 atom stereocenters. The summed E-state index contributed by atoms with van der Waals surface area (Å²) in [6, 6.07) is 0. The van der Waals surface area contributed by atoms with Gasteiger partial charge in [0.05, 0.1) is 0 Å². The first-order valence-corrected chi connectivity index (χ1v) is 4.86. The first kappa shape index (κ1) is 5.62. The maximum absolute atomic E-state index is 2.49. The van der Waals surface area contributed by atoms with Crippen molar-refractivity contribution in [2.45, 2.75) is 32.6 Å². The molecule has 0 heterocycles. The smallest absolute Gasteiger partial charge is 0.0349 e. The van der Waals surface area contributed by atoms with E-state index in [9.17, 15) is 0 Å². The van der Waals surface area contributed by atoms with Crippen LogP contribution in [0.5, 0.6) is 0 Å². The Bertz CT molecular complexity index is 155. The van der Waals surface area contributed by atoms with Gasteiger partial charge in [-0.2, -0.15) is 0 Å². The average Bonchev–Trinajstić information content (AvgIpc) is 2.12. The fourth-order valence-electron chi connectivity index (χ4n) is 4.02. The molecule has 3 aliphatic carbocycles. The lowest BCUT2D eigenvalue weighted by atomic mass is 9.57. The molecule has 0 N–H and O–H groups in total. The zero-order chi connectivity index (χ0) is 6.72. The van der Waals surface area contributed by atoms with Gasteiger partial charge in [-0.15, -0.1) is 0 Å². The lowest BCUT2D eigenvalue weighted by Gasteiger charge is -2.48. The highest BCUT2D eigenvalue weighted by Crippen LogP contribution is 2.63. The number of hydrogen-bond acceptors (Lipinski definition) is 0. The number of fused-ring (bicyclic) bond motifs is 1. The molecular weight excluding hydrogens is 120 g/mol. The van der Waals surface area contributed by atoms with Crippen LogP contribution in [-0.2, 0) is 0 Å². The van der Waals surface area contributed by atoms with Crippen LogP contribution in [-0.4, -0.2) is 0 Å². The van der Waals surface area contributed by atoms with E-state index in [0.717, 1.165) is 11.8 Å². The molecule has 0 aromatic rings. The predicted molar refractivity (Wildman–Crippen MR) is 41.6 cm³/mol. The minimum Gasteiger partial charge on any atom is -0.0620 e. The van der Waals surface area contributed by atoms with Gasteiger partial charge in [-0.1, -0.05) is 13.3 Å². The zero-order valence-electron chi connectivity index (χ0n) is 6.72. The highest BCUT2D eigenvalue weighted by atomic mass is 14.6. The molecule has 5 unspecified atom stereocenters. The van der Waals surface area contributed by atoms with Crippen LogP contribution >= 0.6 is 0 Å². The van der Waals surface area contributed by atoms with E-state index in [1.54, 1.807) is 25.7 Å². The lowest BCUT2D eigenvalue weighted by molar-refractivity contribution is 0.00498. The Morgan fingerprint density at radius 1 is 0.900 bits per heavy atom. The van der Waals surface area contributed by atoms with E-state index in [0.29, 0.717) is 0 Å². The standard InChI is InChI=1S/C10H16/c1-6-8-3-2-7-4-9(6)10(8)5-7/h6-10H,2-5H2,1H3. The monoisotopic (exact) mass is 136 g/mol. The minimum absolute atomic E-state index is 1.11. The van der Waals surface area contributed by atoms with Crippen molar-refractivity contribution in [2.75, 3.05) is 0 Å². The van der Waals surface area contributed by atoms with Gasteiger partial charge in [0.25, 0.3) is 0 Å². The van der Waals surface area contributed by atoms with Gasteiger partial charge in [-0.3, -0.25) is 0 Å². The van der Waals surface area contributed by atoms with E-state index in [4.69, 9.17) is 0 Å². The van der Waals surface area contributed by atoms with Gasteiger partial charge >= 0.3 is 0 Å². The van der Waals surface area contributed by atoms with Gasteiger partial charge in [-0.05, 0) is 48.9 Å². The fourth-order valence-corrected chi connectivity index (χ4v) is 4.02. The average molecular weight is 136 g/mol. The molecule has 0 amide bonds. The van der Waals surface area contributed by atoms with E-state index in [2.05, 4.69) is 6.92 Å². The molecular formula is C10H16. The van der Waals surface area contributed by atoms with Crippen molar-refractivity contribution >= 4 is 0 Å². The first-order valence-electron chi connectivity index (χ1n) is 4.86. The molecule has 10 heavy (non-hydrogen) atoms. The van der Waals surface area contributed by atoms with Gasteiger partial charge in [0, 0.05) is 0 Å². The Labute approximate surface area is 63.0 Å². The van der Waals surface area contributed by atoms with Crippen molar-refractivity contribution in [1.82, 2.24) is 0 Å². The molecule has 0 aromatic heterocycles. The maximum atomic E-state index is 2.49. The normalized spacial score (nSPS) is 63.9. The molecule has 0 spiro atoms. The van der Waals surface area contributed by atoms with Crippen LogP contribution < -0.4 is 0 Å². The highest BCUT2D eigenvalue weighted by Gasteiger charge is 2.54. The molecule has 2 bridgehead atoms. The van der Waals surface area contributed by atoms with Crippen molar-refractivity contribution in [1.29, 1.82) is 0 Å². The second kappa shape index (κ2) is 1.60. The highest BCUT2D eigenvalue weighted by molar-refractivity contribution is 5.04. The summed E-state index contributed by atoms with van der Waals surface area (Å²) >= 11 is 0. The van der Waals surface area contributed by atoms with E-state index in [1.807, 2.05) is 0 Å². The molecule has 0 saturated heterocycles. The Kier molecular flexibility index (Phi) is 0.898. The van der Waals surface area contributed by atoms with Crippen LogP contribution in [0.4, 0.5) is 0 Å². The quantitative estimate of drug-likeness (QED) is 0.480. The van der Waals surface area contributed by atoms with Crippen LogP contribution in [0.25, 0.3) is 0 Å². The topological polar surface area (TPSA) is 0 Å². The summed E-state index contributed by atoms with van der Waals surface area (Å²) in [7, 11) is 0. The first-order chi connectivity index (χ1) is 4.86. The van der Waals surface area contributed by atoms with Gasteiger partial charge < -0.3 is 0 Å². The van der Waals surface area contributed by atoms with Crippen molar-refractivity contribution in [3.05, 3.63) is 0 Å². The summed E-state index contributed by atoms with van der Waals surface area (Å²) in [4.78, 5) is 0. The third-order valence-electron chi connectivity index (χ3n) is 4.57. The summed E-state index contributed by atoms with van der Waals surface area (Å²) in [6.45, 7) is 2.49. The third kappa shape index (κ3) is 0.466. The number of hydrogen-bond donors (Lipinski definition) is 0. The Morgan fingerprint density at radius 3 is 2.60 bits per heavy atom. The second-order valence-corrected chi connectivity index (χ2v) is 4.77. The summed E-state index contributed by atoms with van der Waals surface area (Å²) in [5.74, 6) is 5.82. The van der Waals surface area contributed by atoms with E-state index < -0.39 is 0 Å². The molecule has 0 aliphatic heterocycles. The second-order valence-electron chi connectivity index (χ2n) is 4.77. The Hall–Kier alpha value is 0. The van der Waals surface area contributed by atoms with Gasteiger partial charge in [0.15, 0.2) is 0 Å². The van der Waals surface area contributed by atoms with Crippen molar-refractivity contribution in [3.63, 3.8) is 0 Å².